The third-order valence-corrected chi connectivity index (χ3v) is 2.27. The Morgan fingerprint density at radius 3 is 2.65 bits per heavy atom. The molecule has 0 unspecified atom stereocenters. The van der Waals surface area contributed by atoms with Gasteiger partial charge in [-0.2, -0.15) is 0 Å². The third-order valence-electron chi connectivity index (χ3n) is 2.27. The summed E-state index contributed by atoms with van der Waals surface area (Å²) < 4.78 is 25.3. The van der Waals surface area contributed by atoms with E-state index in [0.717, 1.165) is 11.6 Å². The lowest BCUT2D eigenvalue weighted by atomic mass is 10.1. The molecule has 0 aromatic carbocycles. The van der Waals surface area contributed by atoms with Crippen LogP contribution >= 0.6 is 0 Å². The molecule has 2 heterocycles. The van der Waals surface area contributed by atoms with E-state index in [1.807, 2.05) is 0 Å². The van der Waals surface area contributed by atoms with Crippen LogP contribution in [0.2, 0.25) is 0 Å². The van der Waals surface area contributed by atoms with Crippen LogP contribution in [0.25, 0.3) is 11.0 Å². The van der Waals surface area contributed by atoms with Gasteiger partial charge in [0.2, 0.25) is 0 Å². The van der Waals surface area contributed by atoms with Crippen LogP contribution < -0.4 is 0 Å². The van der Waals surface area contributed by atoms with Crippen LogP contribution in [0.15, 0.2) is 18.3 Å². The second-order valence-corrected chi connectivity index (χ2v) is 3.58. The van der Waals surface area contributed by atoms with Crippen LogP contribution in [0, 0.1) is 6.92 Å². The van der Waals surface area contributed by atoms with Crippen LogP contribution in [0.3, 0.4) is 0 Å². The van der Waals surface area contributed by atoms with Crippen molar-refractivity contribution in [2.45, 2.75) is 13.3 Å². The minimum absolute atomic E-state index is 0.269. The number of hydrogen-bond donors (Lipinski definition) is 1. The van der Waals surface area contributed by atoms with Gasteiger partial charge in [0, 0.05) is 6.20 Å². The maximum atomic E-state index is 12.7. The van der Waals surface area contributed by atoms with Gasteiger partial charge in [-0.25, -0.2) is 18.6 Å². The fraction of sp³-hybridized carbons (Fsp3) is 0.182. The zero-order valence-corrected chi connectivity index (χ0v) is 8.82. The van der Waals surface area contributed by atoms with Crippen molar-refractivity contribution in [1.29, 1.82) is 0 Å². The molecule has 88 valence electrons. The molecule has 0 amide bonds. The molecule has 0 saturated carbocycles. The van der Waals surface area contributed by atoms with E-state index < -0.39 is 23.7 Å². The number of aryl methyl sites for hydroxylation is 1. The lowest BCUT2D eigenvalue weighted by molar-refractivity contribution is 0.0682. The van der Waals surface area contributed by atoms with Gasteiger partial charge in [-0.05, 0) is 24.6 Å². The lowest BCUT2D eigenvalue weighted by Gasteiger charge is -2.06. The highest BCUT2D eigenvalue weighted by Gasteiger charge is 2.21. The van der Waals surface area contributed by atoms with Crippen molar-refractivity contribution in [3.05, 3.63) is 35.2 Å². The molecule has 2 aromatic heterocycles. The molecule has 0 aliphatic heterocycles. The second-order valence-electron chi connectivity index (χ2n) is 3.58. The van der Waals surface area contributed by atoms with Crippen LogP contribution in [0.4, 0.5) is 8.78 Å². The Balaban J connectivity index is 2.77. The highest BCUT2D eigenvalue weighted by atomic mass is 19.3. The molecule has 0 fully saturated rings. The number of fused-ring (bicyclic) bond motifs is 1. The number of pyridine rings is 2. The maximum absolute atomic E-state index is 12.7. The molecule has 0 aliphatic rings. The number of aromatic carboxylic acids is 1. The first-order chi connectivity index (χ1) is 7.99. The summed E-state index contributed by atoms with van der Waals surface area (Å²) in [5.41, 5.74) is 0.0947. The van der Waals surface area contributed by atoms with E-state index in [1.165, 1.54) is 6.20 Å². The van der Waals surface area contributed by atoms with Crippen LogP contribution in [-0.4, -0.2) is 21.0 Å². The molecule has 0 radical (unpaired) electrons. The average Bonchev–Trinajstić information content (AvgIpc) is 2.26. The maximum Gasteiger partial charge on any atom is 0.337 e. The Hall–Kier alpha value is -2.11. The zero-order valence-electron chi connectivity index (χ0n) is 8.82. The van der Waals surface area contributed by atoms with Gasteiger partial charge in [0.25, 0.3) is 6.43 Å². The molecular formula is C11H8F2N2O2. The molecule has 0 bridgehead atoms. The van der Waals surface area contributed by atoms with Crippen molar-refractivity contribution >= 4 is 17.0 Å². The summed E-state index contributed by atoms with van der Waals surface area (Å²) in [5, 5.41) is 8.83. The van der Waals surface area contributed by atoms with Gasteiger partial charge in [0.1, 0.15) is 5.69 Å². The minimum Gasteiger partial charge on any atom is -0.478 e. The molecule has 17 heavy (non-hydrogen) atoms. The number of alkyl halides is 2. The molecule has 6 heteroatoms. The minimum atomic E-state index is -2.92. The largest absolute Gasteiger partial charge is 0.478 e. The number of rotatable bonds is 2. The topological polar surface area (TPSA) is 63.1 Å². The number of nitrogens with zero attached hydrogens (tertiary/aromatic N) is 2. The zero-order chi connectivity index (χ0) is 12.6. The van der Waals surface area contributed by atoms with E-state index in [1.54, 1.807) is 13.0 Å². The van der Waals surface area contributed by atoms with E-state index >= 15 is 0 Å². The monoisotopic (exact) mass is 238 g/mol. The summed E-state index contributed by atoms with van der Waals surface area (Å²) in [4.78, 5) is 18.5. The summed E-state index contributed by atoms with van der Waals surface area (Å²) in [6, 6.07) is 2.70. The Bertz CT molecular complexity index is 599. The predicted octanol–water partition coefficient (Wildman–Crippen LogP) is 2.57. The van der Waals surface area contributed by atoms with Gasteiger partial charge in [-0.3, -0.25) is 4.98 Å². The van der Waals surface area contributed by atoms with Gasteiger partial charge >= 0.3 is 5.97 Å². The normalized spacial score (nSPS) is 11.1. The van der Waals surface area contributed by atoms with E-state index in [0.29, 0.717) is 0 Å². The highest BCUT2D eigenvalue weighted by Crippen LogP contribution is 2.24. The van der Waals surface area contributed by atoms with Gasteiger partial charge in [0.15, 0.2) is 0 Å². The fourth-order valence-electron chi connectivity index (χ4n) is 1.50. The van der Waals surface area contributed by atoms with Gasteiger partial charge < -0.3 is 5.11 Å². The number of carbonyl (C=O) groups is 1. The Morgan fingerprint density at radius 1 is 1.35 bits per heavy atom. The first-order valence-electron chi connectivity index (χ1n) is 4.78. The fourth-order valence-corrected chi connectivity index (χ4v) is 1.50. The SMILES string of the molecule is Cc1cnc2cc(C(=O)O)c(C(F)F)nc2c1. The Kier molecular flexibility index (Phi) is 2.71. The number of carboxylic acid groups (broad SMARTS) is 1. The molecule has 2 rings (SSSR count). The Labute approximate surface area is 94.9 Å². The van der Waals surface area contributed by atoms with Crippen molar-refractivity contribution in [2.24, 2.45) is 0 Å². The summed E-state index contributed by atoms with van der Waals surface area (Å²) in [6.07, 6.45) is -1.40. The summed E-state index contributed by atoms with van der Waals surface area (Å²) in [7, 11) is 0. The smallest absolute Gasteiger partial charge is 0.337 e. The standard InChI is InChI=1S/C11H8F2N2O2/c1-5-2-8-7(14-4-5)3-6(11(16)17)9(15-8)10(12)13/h2-4,10H,1H3,(H,16,17). The van der Waals surface area contributed by atoms with E-state index in [2.05, 4.69) is 9.97 Å². The average molecular weight is 238 g/mol. The summed E-state index contributed by atoms with van der Waals surface area (Å²) in [5.74, 6) is -1.43. The second kappa shape index (κ2) is 4.04. The van der Waals surface area contributed by atoms with Gasteiger partial charge in [0.05, 0.1) is 16.6 Å². The van der Waals surface area contributed by atoms with Gasteiger partial charge in [-0.15, -0.1) is 0 Å². The van der Waals surface area contributed by atoms with Crippen molar-refractivity contribution in [1.82, 2.24) is 9.97 Å². The highest BCUT2D eigenvalue weighted by molar-refractivity contribution is 5.93. The number of hydrogen-bond acceptors (Lipinski definition) is 3. The molecule has 4 nitrogen and oxygen atoms in total. The molecule has 0 aliphatic carbocycles. The summed E-state index contributed by atoms with van der Waals surface area (Å²) >= 11 is 0. The van der Waals surface area contributed by atoms with E-state index in [4.69, 9.17) is 5.11 Å². The van der Waals surface area contributed by atoms with E-state index in [9.17, 15) is 13.6 Å². The van der Waals surface area contributed by atoms with Gasteiger partial charge in [-0.1, -0.05) is 0 Å². The van der Waals surface area contributed by atoms with Crippen LogP contribution in [0.5, 0.6) is 0 Å². The lowest BCUT2D eigenvalue weighted by Crippen LogP contribution is -2.06. The molecular weight excluding hydrogens is 230 g/mol. The molecule has 0 saturated heterocycles. The first-order valence-corrected chi connectivity index (χ1v) is 4.78. The summed E-state index contributed by atoms with van der Waals surface area (Å²) in [6.45, 7) is 1.75. The Morgan fingerprint density at radius 2 is 2.06 bits per heavy atom. The molecule has 0 spiro atoms. The molecule has 2 aromatic rings. The van der Waals surface area contributed by atoms with Crippen molar-refractivity contribution in [3.8, 4) is 0 Å². The molecule has 1 N–H and O–H groups in total. The van der Waals surface area contributed by atoms with Crippen molar-refractivity contribution in [3.63, 3.8) is 0 Å². The molecule has 0 atom stereocenters. The van der Waals surface area contributed by atoms with Crippen LogP contribution in [-0.2, 0) is 0 Å². The number of aromatic nitrogens is 2. The third kappa shape index (κ3) is 2.06. The quantitative estimate of drug-likeness (QED) is 0.873. The van der Waals surface area contributed by atoms with Crippen molar-refractivity contribution < 1.29 is 18.7 Å². The number of carboxylic acids is 1. The first kappa shape index (κ1) is 11.4. The van der Waals surface area contributed by atoms with Crippen molar-refractivity contribution in [2.75, 3.05) is 0 Å². The van der Waals surface area contributed by atoms with E-state index in [-0.39, 0.29) is 11.0 Å². The number of halogens is 2. The van der Waals surface area contributed by atoms with Crippen LogP contribution in [0.1, 0.15) is 28.0 Å². The predicted molar refractivity (Wildman–Crippen MR) is 56.2 cm³/mol.